The Labute approximate surface area is 109 Å². The number of aryl methyl sites for hydroxylation is 2. The van der Waals surface area contributed by atoms with E-state index in [0.717, 1.165) is 11.5 Å². The molecule has 0 amide bonds. The smallest absolute Gasteiger partial charge is 0.265 e. The first-order chi connectivity index (χ1) is 7.58. The quantitative estimate of drug-likeness (QED) is 0.664. The number of rotatable bonds is 2. The maximum Gasteiger partial charge on any atom is 0.265 e. The van der Waals surface area contributed by atoms with E-state index in [1.165, 1.54) is 18.1 Å². The summed E-state index contributed by atoms with van der Waals surface area (Å²) in [6.45, 7) is 3.72. The lowest BCUT2D eigenvalue weighted by Crippen LogP contribution is -2.10. The van der Waals surface area contributed by atoms with Crippen LogP contribution in [-0.4, -0.2) is 15.0 Å². The van der Waals surface area contributed by atoms with E-state index >= 15 is 0 Å². The van der Waals surface area contributed by atoms with Gasteiger partial charge in [-0.1, -0.05) is 0 Å². The molecule has 0 fully saturated rings. The number of halogens is 1. The van der Waals surface area contributed by atoms with E-state index in [1.807, 2.05) is 36.4 Å². The van der Waals surface area contributed by atoms with Crippen LogP contribution in [0.25, 0.3) is 0 Å². The van der Waals surface area contributed by atoms with Crippen LogP contribution < -0.4 is 5.56 Å². The van der Waals surface area contributed by atoms with E-state index in [1.54, 1.807) is 0 Å². The highest BCUT2D eigenvalue weighted by atomic mass is 127. The van der Waals surface area contributed by atoms with Crippen molar-refractivity contribution in [2.45, 2.75) is 24.1 Å². The standard InChI is InChI=1S/C9H8IN3O2S/c1-4-5(2)15-9(13-4)16-8-6(10)7(14)11-3-12-8/h3H,1-2H3,(H,11,12,14). The summed E-state index contributed by atoms with van der Waals surface area (Å²) in [7, 11) is 0. The van der Waals surface area contributed by atoms with Crippen molar-refractivity contribution >= 4 is 34.4 Å². The second kappa shape index (κ2) is 4.58. The van der Waals surface area contributed by atoms with Crippen LogP contribution in [-0.2, 0) is 0 Å². The summed E-state index contributed by atoms with van der Waals surface area (Å²) in [5, 5.41) is 1.11. The van der Waals surface area contributed by atoms with Crippen LogP contribution in [0.4, 0.5) is 0 Å². The maximum atomic E-state index is 11.3. The van der Waals surface area contributed by atoms with Gasteiger partial charge in [-0.05, 0) is 48.2 Å². The number of nitrogens with zero attached hydrogens (tertiary/aromatic N) is 2. The highest BCUT2D eigenvalue weighted by Crippen LogP contribution is 2.28. The van der Waals surface area contributed by atoms with Gasteiger partial charge in [-0.2, -0.15) is 0 Å². The van der Waals surface area contributed by atoms with E-state index in [-0.39, 0.29) is 5.56 Å². The number of aromatic amines is 1. The monoisotopic (exact) mass is 349 g/mol. The molecule has 2 heterocycles. The molecule has 0 saturated carbocycles. The van der Waals surface area contributed by atoms with Gasteiger partial charge in [-0.25, -0.2) is 9.97 Å². The topological polar surface area (TPSA) is 71.8 Å². The van der Waals surface area contributed by atoms with E-state index in [0.29, 0.717) is 13.8 Å². The number of oxazole rings is 1. The minimum absolute atomic E-state index is 0.155. The summed E-state index contributed by atoms with van der Waals surface area (Å²) >= 11 is 3.20. The summed E-state index contributed by atoms with van der Waals surface area (Å²) in [5.74, 6) is 0.780. The fraction of sp³-hybridized carbons (Fsp3) is 0.222. The van der Waals surface area contributed by atoms with Crippen molar-refractivity contribution in [3.63, 3.8) is 0 Å². The number of aromatic nitrogens is 3. The van der Waals surface area contributed by atoms with E-state index < -0.39 is 0 Å². The summed E-state index contributed by atoms with van der Waals surface area (Å²) < 4.78 is 5.95. The Balaban J connectivity index is 2.34. The molecule has 7 heteroatoms. The number of nitrogens with one attached hydrogen (secondary N) is 1. The van der Waals surface area contributed by atoms with E-state index in [9.17, 15) is 4.79 Å². The molecular weight excluding hydrogens is 341 g/mol. The molecule has 2 rings (SSSR count). The second-order valence-corrected chi connectivity index (χ2v) is 5.09. The zero-order valence-electron chi connectivity index (χ0n) is 8.57. The summed E-state index contributed by atoms with van der Waals surface area (Å²) in [5.41, 5.74) is 0.695. The minimum Gasteiger partial charge on any atom is -0.436 e. The van der Waals surface area contributed by atoms with Crippen LogP contribution in [0.3, 0.4) is 0 Å². The molecule has 84 valence electrons. The van der Waals surface area contributed by atoms with Crippen LogP contribution in [0.1, 0.15) is 11.5 Å². The number of hydrogen-bond donors (Lipinski definition) is 1. The lowest BCUT2D eigenvalue weighted by molar-refractivity contribution is 0.431. The average Bonchev–Trinajstić information content (AvgIpc) is 2.54. The maximum absolute atomic E-state index is 11.3. The molecule has 0 saturated heterocycles. The van der Waals surface area contributed by atoms with E-state index in [2.05, 4.69) is 15.0 Å². The van der Waals surface area contributed by atoms with Gasteiger partial charge in [0.2, 0.25) is 0 Å². The predicted octanol–water partition coefficient (Wildman–Crippen LogP) is 2.13. The SMILES string of the molecule is Cc1nc(Sc2nc[nH]c(=O)c2I)oc1C. The van der Waals surface area contributed by atoms with Crippen molar-refractivity contribution < 1.29 is 4.42 Å². The fourth-order valence-corrected chi connectivity index (χ4v) is 2.44. The highest BCUT2D eigenvalue weighted by molar-refractivity contribution is 14.1. The fourth-order valence-electron chi connectivity index (χ4n) is 1.01. The number of hydrogen-bond acceptors (Lipinski definition) is 5. The Bertz CT molecular complexity index is 559. The number of H-pyrrole nitrogens is 1. The van der Waals surface area contributed by atoms with Crippen molar-refractivity contribution in [1.82, 2.24) is 15.0 Å². The van der Waals surface area contributed by atoms with Crippen LogP contribution in [0.5, 0.6) is 0 Å². The summed E-state index contributed by atoms with van der Waals surface area (Å²) in [4.78, 5) is 22.1. The zero-order valence-corrected chi connectivity index (χ0v) is 11.5. The molecule has 0 unspecified atom stereocenters. The Morgan fingerprint density at radius 1 is 1.50 bits per heavy atom. The first kappa shape index (κ1) is 11.6. The molecule has 2 aromatic heterocycles. The molecular formula is C9H8IN3O2S. The van der Waals surface area contributed by atoms with Gasteiger partial charge in [0.1, 0.15) is 14.4 Å². The van der Waals surface area contributed by atoms with Crippen LogP contribution in [0, 0.1) is 17.4 Å². The third-order valence-electron chi connectivity index (χ3n) is 1.96. The second-order valence-electron chi connectivity index (χ2n) is 3.07. The Hall–Kier alpha value is -0.830. The van der Waals surface area contributed by atoms with Crippen molar-refractivity contribution in [2.75, 3.05) is 0 Å². The van der Waals surface area contributed by atoms with Crippen LogP contribution >= 0.6 is 34.4 Å². The predicted molar refractivity (Wildman–Crippen MR) is 67.7 cm³/mol. The first-order valence-corrected chi connectivity index (χ1v) is 6.32. The molecule has 0 atom stereocenters. The molecule has 0 bridgehead atoms. The van der Waals surface area contributed by atoms with Crippen molar-refractivity contribution in [3.8, 4) is 0 Å². The van der Waals surface area contributed by atoms with Gasteiger partial charge >= 0.3 is 0 Å². The van der Waals surface area contributed by atoms with Crippen molar-refractivity contribution in [2.24, 2.45) is 0 Å². The molecule has 0 aliphatic heterocycles. The van der Waals surface area contributed by atoms with Gasteiger partial charge in [-0.3, -0.25) is 4.79 Å². The van der Waals surface area contributed by atoms with Crippen molar-refractivity contribution in [1.29, 1.82) is 0 Å². The van der Waals surface area contributed by atoms with Gasteiger partial charge in [0.05, 0.1) is 12.0 Å². The molecule has 16 heavy (non-hydrogen) atoms. The Kier molecular flexibility index (Phi) is 3.33. The summed E-state index contributed by atoms with van der Waals surface area (Å²) in [6, 6.07) is 0. The molecule has 0 radical (unpaired) electrons. The average molecular weight is 349 g/mol. The Morgan fingerprint density at radius 2 is 2.25 bits per heavy atom. The van der Waals surface area contributed by atoms with Gasteiger partial charge in [0.15, 0.2) is 0 Å². The normalized spacial score (nSPS) is 10.7. The minimum atomic E-state index is -0.155. The zero-order chi connectivity index (χ0) is 11.7. The van der Waals surface area contributed by atoms with Gasteiger partial charge in [0.25, 0.3) is 10.8 Å². The van der Waals surface area contributed by atoms with Gasteiger partial charge in [-0.15, -0.1) is 0 Å². The lowest BCUT2D eigenvalue weighted by atomic mass is 10.4. The van der Waals surface area contributed by atoms with Crippen molar-refractivity contribution in [3.05, 3.63) is 31.7 Å². The first-order valence-electron chi connectivity index (χ1n) is 4.43. The Morgan fingerprint density at radius 3 is 2.88 bits per heavy atom. The highest BCUT2D eigenvalue weighted by Gasteiger charge is 2.12. The molecule has 5 nitrogen and oxygen atoms in total. The van der Waals surface area contributed by atoms with Crippen LogP contribution in [0.2, 0.25) is 0 Å². The molecule has 1 N–H and O–H groups in total. The third-order valence-corrected chi connectivity index (χ3v) is 4.18. The molecule has 0 aromatic carbocycles. The van der Waals surface area contributed by atoms with Crippen LogP contribution in [0.15, 0.2) is 25.8 Å². The lowest BCUT2D eigenvalue weighted by Gasteiger charge is -1.97. The van der Waals surface area contributed by atoms with E-state index in [4.69, 9.17) is 4.42 Å². The molecule has 2 aromatic rings. The van der Waals surface area contributed by atoms with Gasteiger partial charge in [0, 0.05) is 0 Å². The molecule has 0 spiro atoms. The largest absolute Gasteiger partial charge is 0.436 e. The molecule has 0 aliphatic carbocycles. The van der Waals surface area contributed by atoms with Gasteiger partial charge < -0.3 is 9.40 Å². The molecule has 0 aliphatic rings. The third kappa shape index (κ3) is 2.29. The summed E-state index contributed by atoms with van der Waals surface area (Å²) in [6.07, 6.45) is 1.37.